The van der Waals surface area contributed by atoms with Crippen LogP contribution in [0.5, 0.6) is 0 Å². The van der Waals surface area contributed by atoms with E-state index in [0.29, 0.717) is 6.04 Å². The molecule has 2 fully saturated rings. The van der Waals surface area contributed by atoms with Crippen molar-refractivity contribution in [3.63, 3.8) is 0 Å². The number of aromatic nitrogens is 2. The van der Waals surface area contributed by atoms with Crippen LogP contribution in [-0.4, -0.2) is 39.9 Å². The summed E-state index contributed by atoms with van der Waals surface area (Å²) in [6.07, 6.45) is 4.96. The summed E-state index contributed by atoms with van der Waals surface area (Å²) in [5, 5.41) is 8.95. The minimum atomic E-state index is 0.608. The van der Waals surface area contributed by atoms with Gasteiger partial charge >= 0.3 is 0 Å². The lowest BCUT2D eigenvalue weighted by molar-refractivity contribution is 0.317. The highest BCUT2D eigenvalue weighted by Gasteiger charge is 2.34. The molecule has 1 atom stereocenters. The zero-order valence-corrected chi connectivity index (χ0v) is 12.6. The molecule has 0 spiro atoms. The molecule has 1 unspecified atom stereocenters. The van der Waals surface area contributed by atoms with Crippen molar-refractivity contribution in [1.82, 2.24) is 20.0 Å². The second-order valence-corrected chi connectivity index (χ2v) is 6.16. The predicted molar refractivity (Wildman–Crippen MR) is 77.4 cm³/mol. The van der Waals surface area contributed by atoms with E-state index in [2.05, 4.69) is 22.2 Å². The lowest BCUT2D eigenvalue weighted by atomic mass is 10.2. The van der Waals surface area contributed by atoms with E-state index >= 15 is 0 Å². The van der Waals surface area contributed by atoms with Crippen LogP contribution in [0.25, 0.3) is 0 Å². The Morgan fingerprint density at radius 2 is 2.16 bits per heavy atom. The summed E-state index contributed by atoms with van der Waals surface area (Å²) >= 11 is 6.37. The molecule has 1 N–H and O–H groups in total. The summed E-state index contributed by atoms with van der Waals surface area (Å²) in [5.41, 5.74) is 2.12. The third kappa shape index (κ3) is 2.81. The molecular weight excluding hydrogens is 260 g/mol. The Morgan fingerprint density at radius 3 is 2.79 bits per heavy atom. The number of nitrogens with one attached hydrogen (secondary N) is 1. The molecule has 106 valence electrons. The lowest BCUT2D eigenvalue weighted by Crippen LogP contribution is -2.33. The normalized spacial score (nSPS) is 24.3. The van der Waals surface area contributed by atoms with E-state index in [4.69, 9.17) is 11.6 Å². The van der Waals surface area contributed by atoms with Crippen molar-refractivity contribution in [3.8, 4) is 0 Å². The molecule has 5 heteroatoms. The third-order valence-electron chi connectivity index (χ3n) is 4.34. The molecule has 1 aliphatic carbocycles. The molecule has 0 bridgehead atoms. The van der Waals surface area contributed by atoms with Crippen molar-refractivity contribution in [1.29, 1.82) is 0 Å². The first-order valence-corrected chi connectivity index (χ1v) is 7.74. The molecule has 1 saturated heterocycles. The van der Waals surface area contributed by atoms with E-state index in [-0.39, 0.29) is 0 Å². The molecule has 2 aliphatic rings. The van der Waals surface area contributed by atoms with Crippen LogP contribution in [-0.2, 0) is 20.0 Å². The Bertz CT molecular complexity index is 453. The molecule has 0 aromatic carbocycles. The van der Waals surface area contributed by atoms with E-state index in [1.807, 2.05) is 11.7 Å². The largest absolute Gasteiger partial charge is 0.307 e. The highest BCUT2D eigenvalue weighted by molar-refractivity contribution is 6.31. The van der Waals surface area contributed by atoms with Crippen LogP contribution in [0, 0.1) is 0 Å². The SMILES string of the molecule is CCc1nn(C)c(CNC2CCN(C3CC3)C2)c1Cl. The summed E-state index contributed by atoms with van der Waals surface area (Å²) in [6.45, 7) is 5.36. The average Bonchev–Trinajstić information content (AvgIpc) is 3.08. The van der Waals surface area contributed by atoms with E-state index in [1.54, 1.807) is 0 Å². The summed E-state index contributed by atoms with van der Waals surface area (Å²) in [7, 11) is 1.98. The van der Waals surface area contributed by atoms with Crippen LogP contribution >= 0.6 is 11.6 Å². The maximum atomic E-state index is 6.37. The third-order valence-corrected chi connectivity index (χ3v) is 4.78. The summed E-state index contributed by atoms with van der Waals surface area (Å²) in [4.78, 5) is 2.62. The molecule has 0 amide bonds. The number of hydrogen-bond donors (Lipinski definition) is 1. The van der Waals surface area contributed by atoms with E-state index < -0.39 is 0 Å². The molecule has 3 rings (SSSR count). The van der Waals surface area contributed by atoms with Gasteiger partial charge in [-0.3, -0.25) is 9.58 Å². The Morgan fingerprint density at radius 1 is 1.37 bits per heavy atom. The zero-order chi connectivity index (χ0) is 13.4. The van der Waals surface area contributed by atoms with Gasteiger partial charge in [0.25, 0.3) is 0 Å². The predicted octanol–water partition coefficient (Wildman–Crippen LogP) is 1.96. The van der Waals surface area contributed by atoms with Gasteiger partial charge < -0.3 is 5.32 Å². The minimum Gasteiger partial charge on any atom is -0.307 e. The fourth-order valence-corrected chi connectivity index (χ4v) is 3.34. The number of aryl methyl sites for hydroxylation is 2. The number of nitrogens with zero attached hydrogens (tertiary/aromatic N) is 3. The van der Waals surface area contributed by atoms with E-state index in [1.165, 1.54) is 32.4 Å². The van der Waals surface area contributed by atoms with Crippen molar-refractivity contribution in [2.45, 2.75) is 51.2 Å². The Hall–Kier alpha value is -0.580. The summed E-state index contributed by atoms with van der Waals surface area (Å²) in [5.74, 6) is 0. The monoisotopic (exact) mass is 282 g/mol. The first kappa shape index (κ1) is 13.4. The highest BCUT2D eigenvalue weighted by atomic mass is 35.5. The smallest absolute Gasteiger partial charge is 0.0863 e. The van der Waals surface area contributed by atoms with Gasteiger partial charge in [0.15, 0.2) is 0 Å². The molecule has 0 radical (unpaired) electrons. The van der Waals surface area contributed by atoms with Gasteiger partial charge in [0.1, 0.15) is 0 Å². The van der Waals surface area contributed by atoms with Gasteiger partial charge in [-0.15, -0.1) is 0 Å². The Balaban J connectivity index is 1.56. The number of halogens is 1. The molecule has 1 aromatic heterocycles. The van der Waals surface area contributed by atoms with Gasteiger partial charge in [-0.1, -0.05) is 18.5 Å². The minimum absolute atomic E-state index is 0.608. The van der Waals surface area contributed by atoms with Gasteiger partial charge in [-0.25, -0.2) is 0 Å². The highest BCUT2D eigenvalue weighted by Crippen LogP contribution is 2.30. The van der Waals surface area contributed by atoms with Gasteiger partial charge in [0, 0.05) is 38.8 Å². The topological polar surface area (TPSA) is 33.1 Å². The van der Waals surface area contributed by atoms with E-state index in [9.17, 15) is 0 Å². The van der Waals surface area contributed by atoms with Gasteiger partial charge in [-0.2, -0.15) is 5.10 Å². The fourth-order valence-electron chi connectivity index (χ4n) is 2.98. The number of likely N-dealkylation sites (tertiary alicyclic amines) is 1. The molecule has 2 heterocycles. The maximum Gasteiger partial charge on any atom is 0.0863 e. The van der Waals surface area contributed by atoms with E-state index in [0.717, 1.165) is 35.4 Å². The van der Waals surface area contributed by atoms with Crippen molar-refractivity contribution in [2.75, 3.05) is 13.1 Å². The van der Waals surface area contributed by atoms with Crippen LogP contribution in [0.3, 0.4) is 0 Å². The molecule has 19 heavy (non-hydrogen) atoms. The number of hydrogen-bond acceptors (Lipinski definition) is 3. The number of rotatable bonds is 5. The van der Waals surface area contributed by atoms with Crippen LogP contribution in [0.1, 0.15) is 37.6 Å². The van der Waals surface area contributed by atoms with Crippen molar-refractivity contribution in [2.24, 2.45) is 7.05 Å². The fraction of sp³-hybridized carbons (Fsp3) is 0.786. The van der Waals surface area contributed by atoms with Crippen LogP contribution in [0.2, 0.25) is 5.02 Å². The first-order valence-electron chi connectivity index (χ1n) is 7.36. The van der Waals surface area contributed by atoms with Gasteiger partial charge in [0.2, 0.25) is 0 Å². The van der Waals surface area contributed by atoms with Crippen molar-refractivity contribution >= 4 is 11.6 Å². The average molecular weight is 283 g/mol. The first-order chi connectivity index (χ1) is 9.19. The lowest BCUT2D eigenvalue weighted by Gasteiger charge is -2.16. The summed E-state index contributed by atoms with van der Waals surface area (Å²) in [6, 6.07) is 1.50. The molecule has 1 aliphatic heterocycles. The van der Waals surface area contributed by atoms with Crippen molar-refractivity contribution in [3.05, 3.63) is 16.4 Å². The molecule has 4 nitrogen and oxygen atoms in total. The standard InChI is InChI=1S/C14H23ClN4/c1-3-12-14(15)13(18(2)17-12)8-16-10-6-7-19(9-10)11-4-5-11/h10-11,16H,3-9H2,1-2H3. The zero-order valence-electron chi connectivity index (χ0n) is 11.8. The van der Waals surface area contributed by atoms with Crippen LogP contribution in [0.4, 0.5) is 0 Å². The Labute approximate surface area is 120 Å². The van der Waals surface area contributed by atoms with Crippen molar-refractivity contribution < 1.29 is 0 Å². The molecular formula is C14H23ClN4. The van der Waals surface area contributed by atoms with Gasteiger partial charge in [0.05, 0.1) is 16.4 Å². The summed E-state index contributed by atoms with van der Waals surface area (Å²) < 4.78 is 1.92. The van der Waals surface area contributed by atoms with Crippen LogP contribution in [0.15, 0.2) is 0 Å². The molecule has 1 aromatic rings. The second-order valence-electron chi connectivity index (χ2n) is 5.78. The Kier molecular flexibility index (Phi) is 3.83. The second kappa shape index (κ2) is 5.43. The quantitative estimate of drug-likeness (QED) is 0.896. The van der Waals surface area contributed by atoms with Gasteiger partial charge in [-0.05, 0) is 25.7 Å². The molecule has 1 saturated carbocycles. The maximum absolute atomic E-state index is 6.37. The van der Waals surface area contributed by atoms with Crippen LogP contribution < -0.4 is 5.32 Å².